The van der Waals surface area contributed by atoms with Gasteiger partial charge in [0.1, 0.15) is 17.7 Å². The summed E-state index contributed by atoms with van der Waals surface area (Å²) in [6.45, 7) is 5.17. The van der Waals surface area contributed by atoms with Gasteiger partial charge < -0.3 is 15.4 Å². The first-order chi connectivity index (χ1) is 14.4. The van der Waals surface area contributed by atoms with Crippen molar-refractivity contribution in [2.45, 2.75) is 19.4 Å². The van der Waals surface area contributed by atoms with E-state index in [1.807, 2.05) is 0 Å². The molecule has 1 aromatic carbocycles. The molecule has 1 amide bonds. The Hall–Kier alpha value is -2.71. The number of carbonyl (C=O) groups excluding carboxylic acids is 1. The van der Waals surface area contributed by atoms with Crippen molar-refractivity contribution in [1.82, 2.24) is 19.8 Å². The van der Waals surface area contributed by atoms with E-state index in [-0.39, 0.29) is 30.9 Å². The quantitative estimate of drug-likeness (QED) is 0.756. The Bertz CT molecular complexity index is 976. The zero-order chi connectivity index (χ0) is 21.3. The zero-order valence-electron chi connectivity index (χ0n) is 16.6. The van der Waals surface area contributed by atoms with Crippen molar-refractivity contribution >= 4 is 23.1 Å². The molecule has 0 bridgehead atoms. The van der Waals surface area contributed by atoms with Gasteiger partial charge in [-0.2, -0.15) is 0 Å². The Morgan fingerprint density at radius 2 is 2.03 bits per heavy atom. The van der Waals surface area contributed by atoms with Crippen LogP contribution in [0.25, 0.3) is 5.57 Å². The number of hydrogen-bond acceptors (Lipinski definition) is 6. The van der Waals surface area contributed by atoms with Gasteiger partial charge in [0.25, 0.3) is 5.91 Å². The molecule has 0 atom stereocenters. The van der Waals surface area contributed by atoms with Crippen LogP contribution >= 0.6 is 11.6 Å². The Morgan fingerprint density at radius 3 is 2.73 bits per heavy atom. The molecule has 0 saturated carbocycles. The summed E-state index contributed by atoms with van der Waals surface area (Å²) in [6.07, 6.45) is 3.99. The number of hydrogen-bond donors (Lipinski definition) is 1. The van der Waals surface area contributed by atoms with Gasteiger partial charge in [0.2, 0.25) is 0 Å². The molecule has 30 heavy (non-hydrogen) atoms. The molecule has 2 aliphatic rings. The maximum Gasteiger partial charge on any atom is 0.258 e. The van der Waals surface area contributed by atoms with E-state index in [2.05, 4.69) is 21.8 Å². The number of nitrogens with zero attached hydrogens (tertiary/aromatic N) is 4. The molecule has 2 aromatic rings. The Morgan fingerprint density at radius 1 is 1.30 bits per heavy atom. The highest BCUT2D eigenvalue weighted by Gasteiger charge is 2.32. The molecule has 1 saturated heterocycles. The standard InChI is InChI=1S/C21H23ClFN5O2/c1-2-5-27-9-15(10-27)30-19-6-14(23)3-4-16(19)21(29)28-11-17(18(24)12-28)20-25-7-13(22)8-26-20/h3-4,6-8,15H,2,5,9-12,24H2,1H3. The fourth-order valence-corrected chi connectivity index (χ4v) is 3.79. The second-order valence-corrected chi connectivity index (χ2v) is 7.97. The van der Waals surface area contributed by atoms with E-state index < -0.39 is 5.82 Å². The third-order valence-corrected chi connectivity index (χ3v) is 5.40. The fourth-order valence-electron chi connectivity index (χ4n) is 3.69. The Labute approximate surface area is 179 Å². The number of ether oxygens (including phenoxy) is 1. The van der Waals surface area contributed by atoms with Crippen LogP contribution in [0.3, 0.4) is 0 Å². The Balaban J connectivity index is 1.48. The number of carbonyl (C=O) groups is 1. The summed E-state index contributed by atoms with van der Waals surface area (Å²) in [5.41, 5.74) is 7.66. The first-order valence-corrected chi connectivity index (χ1v) is 10.3. The van der Waals surface area contributed by atoms with E-state index in [1.165, 1.54) is 30.6 Å². The molecule has 0 unspecified atom stereocenters. The van der Waals surface area contributed by atoms with Crippen molar-refractivity contribution < 1.29 is 13.9 Å². The van der Waals surface area contributed by atoms with Crippen molar-refractivity contribution in [3.63, 3.8) is 0 Å². The van der Waals surface area contributed by atoms with Crippen LogP contribution in [0, 0.1) is 5.82 Å². The number of rotatable bonds is 6. The summed E-state index contributed by atoms with van der Waals surface area (Å²) in [7, 11) is 0. The van der Waals surface area contributed by atoms with Gasteiger partial charge in [-0.25, -0.2) is 14.4 Å². The molecule has 158 valence electrons. The lowest BCUT2D eigenvalue weighted by Gasteiger charge is -2.39. The number of benzene rings is 1. The largest absolute Gasteiger partial charge is 0.487 e. The third kappa shape index (κ3) is 4.24. The first-order valence-electron chi connectivity index (χ1n) is 9.88. The molecule has 3 heterocycles. The maximum atomic E-state index is 13.9. The van der Waals surface area contributed by atoms with Crippen LogP contribution < -0.4 is 10.5 Å². The van der Waals surface area contributed by atoms with Crippen LogP contribution in [0.15, 0.2) is 36.3 Å². The van der Waals surface area contributed by atoms with Crippen molar-refractivity contribution in [3.8, 4) is 5.75 Å². The van der Waals surface area contributed by atoms with Crippen molar-refractivity contribution in [1.29, 1.82) is 0 Å². The SMILES string of the molecule is CCCN1CC(Oc2cc(F)ccc2C(=O)N2CC(N)=C(c3ncc(Cl)cn3)C2)C1. The lowest BCUT2D eigenvalue weighted by atomic mass is 10.1. The van der Waals surface area contributed by atoms with Gasteiger partial charge in [-0.1, -0.05) is 18.5 Å². The lowest BCUT2D eigenvalue weighted by Crippen LogP contribution is -2.53. The number of nitrogens with two attached hydrogens (primary N) is 1. The van der Waals surface area contributed by atoms with Crippen molar-refractivity contribution in [2.24, 2.45) is 5.73 Å². The highest BCUT2D eigenvalue weighted by atomic mass is 35.5. The van der Waals surface area contributed by atoms with Gasteiger partial charge in [0, 0.05) is 42.8 Å². The minimum Gasteiger partial charge on any atom is -0.487 e. The molecule has 4 rings (SSSR count). The van der Waals surface area contributed by atoms with Crippen LogP contribution in [0.4, 0.5) is 4.39 Å². The third-order valence-electron chi connectivity index (χ3n) is 5.21. The van der Waals surface area contributed by atoms with Crippen molar-refractivity contribution in [2.75, 3.05) is 32.7 Å². The lowest BCUT2D eigenvalue weighted by molar-refractivity contribution is 0.0192. The van der Waals surface area contributed by atoms with Gasteiger partial charge >= 0.3 is 0 Å². The molecular weight excluding hydrogens is 409 g/mol. The van der Waals surface area contributed by atoms with Gasteiger partial charge in [-0.15, -0.1) is 0 Å². The second kappa shape index (κ2) is 8.57. The summed E-state index contributed by atoms with van der Waals surface area (Å²) in [5.74, 6) is -0.0218. The predicted octanol–water partition coefficient (Wildman–Crippen LogP) is 2.57. The monoisotopic (exact) mass is 431 g/mol. The molecular formula is C21H23ClFN5O2. The minimum absolute atomic E-state index is 0.0512. The van der Waals surface area contributed by atoms with Crippen LogP contribution in [-0.4, -0.2) is 64.5 Å². The smallest absolute Gasteiger partial charge is 0.258 e. The van der Waals surface area contributed by atoms with Gasteiger partial charge in [0.15, 0.2) is 5.82 Å². The average Bonchev–Trinajstić information content (AvgIpc) is 3.08. The van der Waals surface area contributed by atoms with Crippen LogP contribution in [0.5, 0.6) is 5.75 Å². The fraction of sp³-hybridized carbons (Fsp3) is 0.381. The van der Waals surface area contributed by atoms with E-state index in [9.17, 15) is 9.18 Å². The van der Waals surface area contributed by atoms with Crippen LogP contribution in [-0.2, 0) is 0 Å². The Kier molecular flexibility index (Phi) is 5.87. The molecule has 2 aliphatic heterocycles. The van der Waals surface area contributed by atoms with Crippen LogP contribution in [0.1, 0.15) is 29.5 Å². The van der Waals surface area contributed by atoms with Crippen LogP contribution in [0.2, 0.25) is 5.02 Å². The highest BCUT2D eigenvalue weighted by molar-refractivity contribution is 6.30. The summed E-state index contributed by atoms with van der Waals surface area (Å²) >= 11 is 5.84. The van der Waals surface area contributed by atoms with E-state index in [0.717, 1.165) is 26.1 Å². The number of amides is 1. The molecule has 2 N–H and O–H groups in total. The molecule has 0 aliphatic carbocycles. The molecule has 1 fully saturated rings. The summed E-state index contributed by atoms with van der Waals surface area (Å²) in [4.78, 5) is 25.4. The van der Waals surface area contributed by atoms with Crippen molar-refractivity contribution in [3.05, 3.63) is 58.5 Å². The van der Waals surface area contributed by atoms with Gasteiger partial charge in [0.05, 0.1) is 23.7 Å². The molecule has 7 nitrogen and oxygen atoms in total. The average molecular weight is 432 g/mol. The van der Waals surface area contributed by atoms with E-state index >= 15 is 0 Å². The topological polar surface area (TPSA) is 84.6 Å². The molecule has 0 spiro atoms. The summed E-state index contributed by atoms with van der Waals surface area (Å²) < 4.78 is 19.8. The van der Waals surface area contributed by atoms with E-state index in [1.54, 1.807) is 4.90 Å². The number of aromatic nitrogens is 2. The normalized spacial score (nSPS) is 17.4. The molecule has 1 aromatic heterocycles. The molecule has 0 radical (unpaired) electrons. The second-order valence-electron chi connectivity index (χ2n) is 7.53. The predicted molar refractivity (Wildman–Crippen MR) is 112 cm³/mol. The maximum absolute atomic E-state index is 13.9. The summed E-state index contributed by atoms with van der Waals surface area (Å²) in [6, 6.07) is 3.99. The molecule has 9 heteroatoms. The minimum atomic E-state index is -0.444. The first kappa shape index (κ1) is 20.6. The highest BCUT2D eigenvalue weighted by Crippen LogP contribution is 2.29. The zero-order valence-corrected chi connectivity index (χ0v) is 17.4. The number of halogens is 2. The van der Waals surface area contributed by atoms with Gasteiger partial charge in [-0.05, 0) is 25.1 Å². The van der Waals surface area contributed by atoms with E-state index in [0.29, 0.717) is 27.7 Å². The van der Waals surface area contributed by atoms with Gasteiger partial charge in [-0.3, -0.25) is 9.69 Å². The van der Waals surface area contributed by atoms with E-state index in [4.69, 9.17) is 22.1 Å². The number of likely N-dealkylation sites (tertiary alicyclic amines) is 1. The summed E-state index contributed by atoms with van der Waals surface area (Å²) in [5, 5.41) is 0.422.